The third-order valence-corrected chi connectivity index (χ3v) is 7.89. The fraction of sp³-hybridized carbons (Fsp3) is 0.870. The number of halogens is 2. The molecule has 2 saturated heterocycles. The molecule has 172 valence electrons. The van der Waals surface area contributed by atoms with E-state index in [2.05, 4.69) is 16.3 Å². The van der Waals surface area contributed by atoms with Crippen LogP contribution in [-0.2, 0) is 4.79 Å². The lowest BCUT2D eigenvalue weighted by Crippen LogP contribution is -2.54. The van der Waals surface area contributed by atoms with Gasteiger partial charge in [-0.1, -0.05) is 0 Å². The van der Waals surface area contributed by atoms with Gasteiger partial charge < -0.3 is 15.1 Å². The summed E-state index contributed by atoms with van der Waals surface area (Å²) < 4.78 is 27.4. The highest BCUT2D eigenvalue weighted by Crippen LogP contribution is 2.48. The van der Waals surface area contributed by atoms with Gasteiger partial charge in [0.1, 0.15) is 0 Å². The number of carbonyl (C=O) groups excluding carboxylic acids is 2. The number of likely N-dealkylation sites (tertiary alicyclic amines) is 2. The molecule has 31 heavy (non-hydrogen) atoms. The van der Waals surface area contributed by atoms with Gasteiger partial charge in [-0.25, -0.2) is 13.6 Å². The van der Waals surface area contributed by atoms with Crippen LogP contribution in [0.5, 0.6) is 0 Å². The van der Waals surface area contributed by atoms with Crippen LogP contribution in [0.3, 0.4) is 0 Å². The van der Waals surface area contributed by atoms with E-state index in [0.717, 1.165) is 38.9 Å². The third-order valence-electron chi connectivity index (χ3n) is 7.89. The quantitative estimate of drug-likeness (QED) is 0.660. The molecule has 2 heterocycles. The molecule has 8 heteroatoms. The first-order chi connectivity index (χ1) is 14.6. The highest BCUT2D eigenvalue weighted by atomic mass is 19.3. The molecule has 4 aliphatic rings. The zero-order valence-corrected chi connectivity index (χ0v) is 18.5. The summed E-state index contributed by atoms with van der Waals surface area (Å²) in [4.78, 5) is 29.7. The number of nitriles is 1. The van der Waals surface area contributed by atoms with Crippen molar-refractivity contribution in [2.45, 2.75) is 89.1 Å². The molecule has 2 saturated carbocycles. The van der Waals surface area contributed by atoms with Crippen molar-refractivity contribution in [1.29, 1.82) is 5.26 Å². The number of amides is 2. The molecule has 4 fully saturated rings. The normalized spacial score (nSPS) is 26.2. The second-order valence-electron chi connectivity index (χ2n) is 10.6. The van der Waals surface area contributed by atoms with E-state index in [1.165, 1.54) is 25.7 Å². The Hall–Kier alpha value is -1.75. The van der Waals surface area contributed by atoms with Gasteiger partial charge in [0.25, 0.3) is 0 Å². The average molecular weight is 437 g/mol. The number of rotatable bonds is 7. The highest BCUT2D eigenvalue weighted by molar-refractivity contribution is 5.89. The maximum absolute atomic E-state index is 13.7. The molecule has 0 bridgehead atoms. The molecule has 0 aromatic heterocycles. The minimum absolute atomic E-state index is 0.0644. The predicted octanol–water partition coefficient (Wildman–Crippen LogP) is 3.71. The standard InChI is InChI=1S/C23H34F2N4O2/c1-21(24,25)14-18(19(30)15-23(16-26)4-5-23)27-20(31)29-12-8-22(9-13-29)6-10-28(11-7-22)17-2-3-17/h17-18H,2-15H2,1H3,(H,27,31)/t18-/m0/s1. The lowest BCUT2D eigenvalue weighted by molar-refractivity contribution is -0.124. The van der Waals surface area contributed by atoms with Gasteiger partial charge in [-0.2, -0.15) is 5.26 Å². The van der Waals surface area contributed by atoms with Gasteiger partial charge in [-0.05, 0) is 76.8 Å². The van der Waals surface area contributed by atoms with Gasteiger partial charge >= 0.3 is 6.03 Å². The Balaban J connectivity index is 1.30. The maximum Gasteiger partial charge on any atom is 0.317 e. The second-order valence-corrected chi connectivity index (χ2v) is 10.6. The van der Waals surface area contributed by atoms with Crippen molar-refractivity contribution in [3.63, 3.8) is 0 Å². The minimum Gasteiger partial charge on any atom is -0.328 e. The van der Waals surface area contributed by atoms with Gasteiger partial charge in [0.15, 0.2) is 5.78 Å². The number of carbonyl (C=O) groups is 2. The monoisotopic (exact) mass is 436 g/mol. The number of ketones is 1. The van der Waals surface area contributed by atoms with Crippen molar-refractivity contribution < 1.29 is 18.4 Å². The van der Waals surface area contributed by atoms with Gasteiger partial charge in [-0.3, -0.25) is 4.79 Å². The summed E-state index contributed by atoms with van der Waals surface area (Å²) in [6.45, 7) is 4.23. The van der Waals surface area contributed by atoms with E-state index < -0.39 is 35.6 Å². The van der Waals surface area contributed by atoms with Crippen LogP contribution in [0, 0.1) is 22.2 Å². The Bertz CT molecular complexity index is 734. The molecule has 1 spiro atoms. The van der Waals surface area contributed by atoms with Crippen LogP contribution in [0.25, 0.3) is 0 Å². The van der Waals surface area contributed by atoms with Crippen molar-refractivity contribution >= 4 is 11.8 Å². The van der Waals surface area contributed by atoms with Crippen LogP contribution < -0.4 is 5.32 Å². The Morgan fingerprint density at radius 1 is 1.10 bits per heavy atom. The first kappa shape index (κ1) is 22.4. The number of nitrogens with one attached hydrogen (secondary N) is 1. The molecule has 0 unspecified atom stereocenters. The van der Waals surface area contributed by atoms with Crippen molar-refractivity contribution in [2.75, 3.05) is 26.2 Å². The molecule has 0 radical (unpaired) electrons. The largest absolute Gasteiger partial charge is 0.328 e. The summed E-state index contributed by atoms with van der Waals surface area (Å²) >= 11 is 0. The SMILES string of the molecule is CC(F)(F)C[C@H](NC(=O)N1CCC2(CC1)CCN(C1CC1)CC2)C(=O)CC1(C#N)CC1. The number of piperidine rings is 2. The molecule has 0 aromatic carbocycles. The topological polar surface area (TPSA) is 76.4 Å². The first-order valence-electron chi connectivity index (χ1n) is 11.7. The van der Waals surface area contributed by atoms with E-state index in [9.17, 15) is 23.6 Å². The van der Waals surface area contributed by atoms with E-state index >= 15 is 0 Å². The van der Waals surface area contributed by atoms with Crippen molar-refractivity contribution in [3.8, 4) is 6.07 Å². The summed E-state index contributed by atoms with van der Waals surface area (Å²) in [6.07, 6.45) is 7.28. The number of hydrogen-bond donors (Lipinski definition) is 1. The molecule has 6 nitrogen and oxygen atoms in total. The molecule has 2 amide bonds. The fourth-order valence-corrected chi connectivity index (χ4v) is 5.27. The third kappa shape index (κ3) is 5.54. The molecule has 0 aromatic rings. The minimum atomic E-state index is -3.07. The first-order valence-corrected chi connectivity index (χ1v) is 11.7. The number of hydrogen-bond acceptors (Lipinski definition) is 4. The van der Waals surface area contributed by atoms with Gasteiger partial charge in [-0.15, -0.1) is 0 Å². The Kier molecular flexibility index (Phi) is 6.01. The van der Waals surface area contributed by atoms with Crippen LogP contribution in [-0.4, -0.2) is 65.8 Å². The van der Waals surface area contributed by atoms with E-state index in [4.69, 9.17) is 0 Å². The Morgan fingerprint density at radius 3 is 2.16 bits per heavy atom. The number of Topliss-reactive ketones (excluding diaryl/α,β-unsaturated/α-hetero) is 1. The lowest BCUT2D eigenvalue weighted by atomic mass is 9.71. The number of nitrogens with zero attached hydrogens (tertiary/aromatic N) is 3. The van der Waals surface area contributed by atoms with E-state index in [0.29, 0.717) is 31.3 Å². The van der Waals surface area contributed by atoms with Gasteiger partial charge in [0.2, 0.25) is 5.92 Å². The average Bonchev–Trinajstić information content (AvgIpc) is 3.63. The van der Waals surface area contributed by atoms with Crippen LogP contribution in [0.15, 0.2) is 0 Å². The molecule has 2 aliphatic carbocycles. The molecular formula is C23H34F2N4O2. The number of alkyl halides is 2. The fourth-order valence-electron chi connectivity index (χ4n) is 5.27. The molecule has 4 rings (SSSR count). The maximum atomic E-state index is 13.7. The second kappa shape index (κ2) is 8.31. The summed E-state index contributed by atoms with van der Waals surface area (Å²) in [6, 6.07) is 1.24. The van der Waals surface area contributed by atoms with Crippen LogP contribution in [0.2, 0.25) is 0 Å². The zero-order chi connectivity index (χ0) is 22.3. The molecule has 1 N–H and O–H groups in total. The van der Waals surface area contributed by atoms with Gasteiger partial charge in [0.05, 0.1) is 17.5 Å². The summed E-state index contributed by atoms with van der Waals surface area (Å²) in [7, 11) is 0. The molecule has 2 aliphatic heterocycles. The van der Waals surface area contributed by atoms with E-state index in [1.54, 1.807) is 4.90 Å². The highest BCUT2D eigenvalue weighted by Gasteiger charge is 2.47. The van der Waals surface area contributed by atoms with Crippen LogP contribution >= 0.6 is 0 Å². The van der Waals surface area contributed by atoms with Crippen LogP contribution in [0.1, 0.15) is 71.1 Å². The molecular weight excluding hydrogens is 402 g/mol. The predicted molar refractivity (Wildman–Crippen MR) is 112 cm³/mol. The number of urea groups is 1. The molecule has 1 atom stereocenters. The Morgan fingerprint density at radius 2 is 1.68 bits per heavy atom. The Labute approximate surface area is 183 Å². The van der Waals surface area contributed by atoms with Crippen molar-refractivity contribution in [2.24, 2.45) is 10.8 Å². The summed E-state index contributed by atoms with van der Waals surface area (Å²) in [5.74, 6) is -3.53. The van der Waals surface area contributed by atoms with E-state index in [-0.39, 0.29) is 6.42 Å². The zero-order valence-electron chi connectivity index (χ0n) is 18.5. The summed E-state index contributed by atoms with van der Waals surface area (Å²) in [5.41, 5.74) is -0.422. The van der Waals surface area contributed by atoms with Crippen molar-refractivity contribution in [3.05, 3.63) is 0 Å². The lowest BCUT2D eigenvalue weighted by Gasteiger charge is -2.47. The smallest absolute Gasteiger partial charge is 0.317 e. The summed E-state index contributed by atoms with van der Waals surface area (Å²) in [5, 5.41) is 11.8. The van der Waals surface area contributed by atoms with Crippen LogP contribution in [0.4, 0.5) is 13.6 Å². The van der Waals surface area contributed by atoms with Crippen molar-refractivity contribution in [1.82, 2.24) is 15.1 Å². The van der Waals surface area contributed by atoms with E-state index in [1.807, 2.05) is 0 Å². The van der Waals surface area contributed by atoms with Gasteiger partial charge in [0, 0.05) is 32.0 Å².